The summed E-state index contributed by atoms with van der Waals surface area (Å²) in [5.74, 6) is 0.920. The Morgan fingerprint density at radius 1 is 1.37 bits per heavy atom. The van der Waals surface area contributed by atoms with Crippen LogP contribution >= 0.6 is 0 Å². The van der Waals surface area contributed by atoms with Crippen LogP contribution in [0.1, 0.15) is 32.1 Å². The first-order valence-corrected chi connectivity index (χ1v) is 7.07. The second-order valence-corrected chi connectivity index (χ2v) is 5.02. The molecule has 0 spiro atoms. The second kappa shape index (κ2) is 6.02. The second-order valence-electron chi connectivity index (χ2n) is 5.02. The summed E-state index contributed by atoms with van der Waals surface area (Å²) in [7, 11) is 0. The Morgan fingerprint density at radius 3 is 3.26 bits per heavy atom. The van der Waals surface area contributed by atoms with Gasteiger partial charge in [-0.15, -0.1) is 0 Å². The van der Waals surface area contributed by atoms with Crippen LogP contribution in [-0.4, -0.2) is 34.2 Å². The highest BCUT2D eigenvalue weighted by Gasteiger charge is 2.14. The zero-order chi connectivity index (χ0) is 12.9. The average molecular weight is 260 g/mol. The number of fused-ring (bicyclic) bond motifs is 1. The van der Waals surface area contributed by atoms with Gasteiger partial charge in [0.1, 0.15) is 17.8 Å². The summed E-state index contributed by atoms with van der Waals surface area (Å²) in [5, 5.41) is 4.44. The molecule has 5 nitrogen and oxygen atoms in total. The molecule has 2 aromatic rings. The molecular formula is C14H20N4O. The molecular weight excluding hydrogens is 240 g/mol. The first-order valence-electron chi connectivity index (χ1n) is 7.07. The Hall–Kier alpha value is -1.62. The molecule has 2 N–H and O–H groups in total. The topological polar surface area (TPSA) is 62.8 Å². The molecule has 102 valence electrons. The molecule has 1 saturated heterocycles. The van der Waals surface area contributed by atoms with E-state index in [2.05, 4.69) is 20.3 Å². The summed E-state index contributed by atoms with van der Waals surface area (Å²) in [5.41, 5.74) is 0.886. The number of nitrogens with zero attached hydrogens (tertiary/aromatic N) is 2. The number of rotatable bonds is 6. The fourth-order valence-electron chi connectivity index (χ4n) is 2.59. The molecule has 1 unspecified atom stereocenters. The summed E-state index contributed by atoms with van der Waals surface area (Å²) < 4.78 is 5.62. The molecule has 0 amide bonds. The molecule has 19 heavy (non-hydrogen) atoms. The lowest BCUT2D eigenvalue weighted by Crippen LogP contribution is -2.07. The zero-order valence-corrected chi connectivity index (χ0v) is 11.1. The van der Waals surface area contributed by atoms with Crippen LogP contribution in [0.25, 0.3) is 11.0 Å². The van der Waals surface area contributed by atoms with Crippen LogP contribution in [0.3, 0.4) is 0 Å². The first kappa shape index (κ1) is 12.4. The third-order valence-corrected chi connectivity index (χ3v) is 3.62. The Balaban J connectivity index is 1.43. The third kappa shape index (κ3) is 3.04. The SMILES string of the molecule is c1nc(NCCCCC2CCCO2)c2cc[nH]c2n1. The van der Waals surface area contributed by atoms with Crippen molar-refractivity contribution in [2.75, 3.05) is 18.5 Å². The molecule has 5 heteroatoms. The largest absolute Gasteiger partial charge is 0.378 e. The van der Waals surface area contributed by atoms with Crippen LogP contribution in [0.15, 0.2) is 18.6 Å². The van der Waals surface area contributed by atoms with Gasteiger partial charge in [-0.25, -0.2) is 9.97 Å². The van der Waals surface area contributed by atoms with Gasteiger partial charge in [0.25, 0.3) is 0 Å². The van der Waals surface area contributed by atoms with Gasteiger partial charge in [0, 0.05) is 19.3 Å². The van der Waals surface area contributed by atoms with Gasteiger partial charge in [0.05, 0.1) is 11.5 Å². The van der Waals surface area contributed by atoms with Crippen LogP contribution in [0.2, 0.25) is 0 Å². The minimum absolute atomic E-state index is 0.510. The van der Waals surface area contributed by atoms with Crippen molar-refractivity contribution in [3.05, 3.63) is 18.6 Å². The maximum Gasteiger partial charge on any atom is 0.142 e. The normalized spacial score (nSPS) is 19.1. The van der Waals surface area contributed by atoms with Crippen LogP contribution < -0.4 is 5.32 Å². The van der Waals surface area contributed by atoms with Gasteiger partial charge in [-0.3, -0.25) is 0 Å². The van der Waals surface area contributed by atoms with Crippen LogP contribution in [0.5, 0.6) is 0 Å². The fraction of sp³-hybridized carbons (Fsp3) is 0.571. The molecule has 0 aliphatic carbocycles. The van der Waals surface area contributed by atoms with E-state index in [0.29, 0.717) is 6.10 Å². The van der Waals surface area contributed by atoms with Crippen molar-refractivity contribution in [3.8, 4) is 0 Å². The standard InChI is InChI=1S/C14H20N4O/c1(4-11-5-3-9-19-11)2-7-15-13-12-6-8-16-14(12)18-10-17-13/h6,8,10-11H,1-5,7,9H2,(H2,15,16,17,18). The lowest BCUT2D eigenvalue weighted by Gasteiger charge is -2.09. The molecule has 0 radical (unpaired) electrons. The summed E-state index contributed by atoms with van der Waals surface area (Å²) in [6, 6.07) is 2.00. The monoisotopic (exact) mass is 260 g/mol. The summed E-state index contributed by atoms with van der Waals surface area (Å²) >= 11 is 0. The fourth-order valence-corrected chi connectivity index (χ4v) is 2.59. The molecule has 0 saturated carbocycles. The predicted octanol–water partition coefficient (Wildman–Crippen LogP) is 2.72. The van der Waals surface area contributed by atoms with Crippen LogP contribution in [0, 0.1) is 0 Å². The molecule has 1 aliphatic rings. The number of hydrogen-bond donors (Lipinski definition) is 2. The van der Waals surface area contributed by atoms with E-state index in [-0.39, 0.29) is 0 Å². The van der Waals surface area contributed by atoms with E-state index in [0.717, 1.165) is 36.4 Å². The number of ether oxygens (including phenoxy) is 1. The highest BCUT2D eigenvalue weighted by molar-refractivity contribution is 5.86. The number of aromatic amines is 1. The molecule has 0 bridgehead atoms. The van der Waals surface area contributed by atoms with Crippen molar-refractivity contribution in [2.45, 2.75) is 38.2 Å². The molecule has 1 atom stereocenters. The number of nitrogens with one attached hydrogen (secondary N) is 2. The maximum atomic E-state index is 5.62. The number of unbranched alkanes of at least 4 members (excludes halogenated alkanes) is 1. The van der Waals surface area contributed by atoms with Crippen molar-refractivity contribution in [3.63, 3.8) is 0 Å². The minimum Gasteiger partial charge on any atom is -0.378 e. The number of anilines is 1. The van der Waals surface area contributed by atoms with E-state index in [1.54, 1.807) is 6.33 Å². The van der Waals surface area contributed by atoms with Gasteiger partial charge in [0.15, 0.2) is 0 Å². The first-order chi connectivity index (χ1) is 9.43. The lowest BCUT2D eigenvalue weighted by molar-refractivity contribution is 0.102. The van der Waals surface area contributed by atoms with Gasteiger partial charge < -0.3 is 15.0 Å². The van der Waals surface area contributed by atoms with Gasteiger partial charge in [-0.05, 0) is 38.2 Å². The highest BCUT2D eigenvalue weighted by Crippen LogP contribution is 2.19. The van der Waals surface area contributed by atoms with E-state index in [1.165, 1.54) is 25.7 Å². The van der Waals surface area contributed by atoms with E-state index >= 15 is 0 Å². The van der Waals surface area contributed by atoms with E-state index in [1.807, 2.05) is 12.3 Å². The van der Waals surface area contributed by atoms with E-state index < -0.39 is 0 Å². The summed E-state index contributed by atoms with van der Waals surface area (Å²) in [6.45, 7) is 1.90. The Labute approximate surface area is 112 Å². The van der Waals surface area contributed by atoms with Gasteiger partial charge in [-0.2, -0.15) is 0 Å². The van der Waals surface area contributed by atoms with Crippen molar-refractivity contribution in [1.29, 1.82) is 0 Å². The Kier molecular flexibility index (Phi) is 3.93. The Bertz CT molecular complexity index is 519. The number of H-pyrrole nitrogens is 1. The molecule has 1 fully saturated rings. The van der Waals surface area contributed by atoms with Crippen molar-refractivity contribution >= 4 is 16.9 Å². The lowest BCUT2D eigenvalue weighted by atomic mass is 10.1. The summed E-state index contributed by atoms with van der Waals surface area (Å²) in [6.07, 6.45) is 10.0. The van der Waals surface area contributed by atoms with Crippen molar-refractivity contribution < 1.29 is 4.74 Å². The molecule has 3 rings (SSSR count). The maximum absolute atomic E-state index is 5.62. The third-order valence-electron chi connectivity index (χ3n) is 3.62. The summed E-state index contributed by atoms with van der Waals surface area (Å²) in [4.78, 5) is 11.6. The smallest absolute Gasteiger partial charge is 0.142 e. The van der Waals surface area contributed by atoms with Crippen molar-refractivity contribution in [2.24, 2.45) is 0 Å². The molecule has 3 heterocycles. The van der Waals surface area contributed by atoms with E-state index in [4.69, 9.17) is 4.74 Å². The van der Waals surface area contributed by atoms with Gasteiger partial charge >= 0.3 is 0 Å². The zero-order valence-electron chi connectivity index (χ0n) is 11.1. The average Bonchev–Trinajstić information content (AvgIpc) is 3.09. The number of hydrogen-bond acceptors (Lipinski definition) is 4. The van der Waals surface area contributed by atoms with E-state index in [9.17, 15) is 0 Å². The molecule has 0 aromatic carbocycles. The molecule has 1 aliphatic heterocycles. The van der Waals surface area contributed by atoms with Gasteiger partial charge in [0.2, 0.25) is 0 Å². The minimum atomic E-state index is 0.510. The Morgan fingerprint density at radius 2 is 2.37 bits per heavy atom. The predicted molar refractivity (Wildman–Crippen MR) is 75.2 cm³/mol. The van der Waals surface area contributed by atoms with Crippen LogP contribution in [-0.2, 0) is 4.74 Å². The van der Waals surface area contributed by atoms with Crippen molar-refractivity contribution in [1.82, 2.24) is 15.0 Å². The highest BCUT2D eigenvalue weighted by atomic mass is 16.5. The van der Waals surface area contributed by atoms with Gasteiger partial charge in [-0.1, -0.05) is 0 Å². The number of aromatic nitrogens is 3. The van der Waals surface area contributed by atoms with Crippen LogP contribution in [0.4, 0.5) is 5.82 Å². The molecule has 2 aromatic heterocycles. The quantitative estimate of drug-likeness (QED) is 0.784.